The first-order valence-corrected chi connectivity index (χ1v) is 5.87. The predicted octanol–water partition coefficient (Wildman–Crippen LogP) is 2.08. The van der Waals surface area contributed by atoms with E-state index in [4.69, 9.17) is 4.52 Å². The molecule has 5 nitrogen and oxygen atoms in total. The van der Waals surface area contributed by atoms with Gasteiger partial charge in [0.2, 0.25) is 5.89 Å². The van der Waals surface area contributed by atoms with Crippen molar-refractivity contribution in [1.29, 1.82) is 0 Å². The van der Waals surface area contributed by atoms with Gasteiger partial charge in [-0.1, -0.05) is 5.16 Å². The molecule has 8 heteroatoms. The summed E-state index contributed by atoms with van der Waals surface area (Å²) < 4.78 is 44.9. The van der Waals surface area contributed by atoms with Gasteiger partial charge >= 0.3 is 6.18 Å². The molecule has 0 saturated carbocycles. The lowest BCUT2D eigenvalue weighted by molar-refractivity contribution is -0.177. The van der Waals surface area contributed by atoms with Crippen molar-refractivity contribution >= 4 is 0 Å². The van der Waals surface area contributed by atoms with E-state index in [9.17, 15) is 13.2 Å². The second kappa shape index (κ2) is 6.33. The number of hydrogen-bond acceptors (Lipinski definition) is 5. The summed E-state index contributed by atoms with van der Waals surface area (Å²) >= 11 is 0. The fraction of sp³-hybridized carbons (Fsp3) is 0.818. The molecule has 19 heavy (non-hydrogen) atoms. The SMILES string of the molecule is CC(C)(C)NCCc1nc(COCC(F)(F)F)no1. The van der Waals surface area contributed by atoms with Crippen LogP contribution < -0.4 is 5.32 Å². The van der Waals surface area contributed by atoms with E-state index in [1.54, 1.807) is 0 Å². The van der Waals surface area contributed by atoms with Gasteiger partial charge in [0.05, 0.1) is 0 Å². The van der Waals surface area contributed by atoms with Crippen LogP contribution in [0.3, 0.4) is 0 Å². The maximum absolute atomic E-state index is 11.8. The van der Waals surface area contributed by atoms with Crippen molar-refractivity contribution in [2.75, 3.05) is 13.2 Å². The minimum Gasteiger partial charge on any atom is -0.364 e. The maximum Gasteiger partial charge on any atom is 0.411 e. The number of nitrogens with zero attached hydrogens (tertiary/aromatic N) is 2. The Labute approximate surface area is 109 Å². The number of halogens is 3. The lowest BCUT2D eigenvalue weighted by Crippen LogP contribution is -2.37. The molecule has 110 valence electrons. The molecule has 0 aliphatic rings. The van der Waals surface area contributed by atoms with Crippen molar-refractivity contribution < 1.29 is 22.4 Å². The Bertz CT molecular complexity index is 351. The van der Waals surface area contributed by atoms with Crippen molar-refractivity contribution in [3.05, 3.63) is 11.7 Å². The molecule has 0 amide bonds. The number of aromatic nitrogens is 2. The monoisotopic (exact) mass is 281 g/mol. The van der Waals surface area contributed by atoms with Crippen LogP contribution in [0.1, 0.15) is 32.5 Å². The molecule has 0 radical (unpaired) electrons. The highest BCUT2D eigenvalue weighted by Gasteiger charge is 2.27. The Morgan fingerprint density at radius 3 is 2.53 bits per heavy atom. The number of ether oxygens (including phenoxy) is 1. The standard InChI is InChI=1S/C11H18F3N3O2/c1-10(2,3)15-5-4-9-16-8(17-19-9)6-18-7-11(12,13)14/h15H,4-7H2,1-3H3. The van der Waals surface area contributed by atoms with Gasteiger partial charge in [0.25, 0.3) is 0 Å². The van der Waals surface area contributed by atoms with E-state index in [0.29, 0.717) is 18.9 Å². The summed E-state index contributed by atoms with van der Waals surface area (Å²) in [6.07, 6.45) is -3.83. The van der Waals surface area contributed by atoms with Gasteiger partial charge in [-0.05, 0) is 20.8 Å². The first-order chi connectivity index (χ1) is 8.66. The third-order valence-electron chi connectivity index (χ3n) is 2.00. The highest BCUT2D eigenvalue weighted by molar-refractivity contribution is 4.86. The van der Waals surface area contributed by atoms with Crippen molar-refractivity contribution in [1.82, 2.24) is 15.5 Å². The molecule has 0 spiro atoms. The quantitative estimate of drug-likeness (QED) is 0.865. The molecule has 1 N–H and O–H groups in total. The largest absolute Gasteiger partial charge is 0.411 e. The van der Waals surface area contributed by atoms with E-state index in [2.05, 4.69) is 20.2 Å². The first kappa shape index (κ1) is 15.9. The highest BCUT2D eigenvalue weighted by Crippen LogP contribution is 2.15. The van der Waals surface area contributed by atoms with Gasteiger partial charge in [0.1, 0.15) is 13.2 Å². The van der Waals surface area contributed by atoms with Gasteiger partial charge in [-0.2, -0.15) is 18.2 Å². The smallest absolute Gasteiger partial charge is 0.364 e. The molecule has 1 aromatic heterocycles. The summed E-state index contributed by atoms with van der Waals surface area (Å²) in [5.74, 6) is 0.498. The summed E-state index contributed by atoms with van der Waals surface area (Å²) in [5.41, 5.74) is -0.0152. The van der Waals surface area contributed by atoms with Crippen LogP contribution in [0.25, 0.3) is 0 Å². The van der Waals surface area contributed by atoms with Crippen LogP contribution in [0.4, 0.5) is 13.2 Å². The summed E-state index contributed by atoms with van der Waals surface area (Å²) in [5, 5.41) is 6.78. The molecule has 0 bridgehead atoms. The van der Waals surface area contributed by atoms with Gasteiger partial charge in [-0.15, -0.1) is 0 Å². The van der Waals surface area contributed by atoms with Gasteiger partial charge in [-0.25, -0.2) is 0 Å². The van der Waals surface area contributed by atoms with E-state index < -0.39 is 12.8 Å². The van der Waals surface area contributed by atoms with Gasteiger partial charge in [-0.3, -0.25) is 0 Å². The highest BCUT2D eigenvalue weighted by atomic mass is 19.4. The molecule has 1 rings (SSSR count). The zero-order valence-corrected chi connectivity index (χ0v) is 11.2. The van der Waals surface area contributed by atoms with E-state index in [1.165, 1.54) is 0 Å². The van der Waals surface area contributed by atoms with Crippen molar-refractivity contribution in [3.63, 3.8) is 0 Å². The van der Waals surface area contributed by atoms with E-state index in [1.807, 2.05) is 20.8 Å². The normalized spacial score (nSPS) is 12.9. The van der Waals surface area contributed by atoms with Crippen LogP contribution >= 0.6 is 0 Å². The Balaban J connectivity index is 2.28. The van der Waals surface area contributed by atoms with Crippen LogP contribution in [0, 0.1) is 0 Å². The Morgan fingerprint density at radius 1 is 1.26 bits per heavy atom. The molecule has 1 heterocycles. The topological polar surface area (TPSA) is 60.2 Å². The fourth-order valence-electron chi connectivity index (χ4n) is 1.25. The van der Waals surface area contributed by atoms with Crippen molar-refractivity contribution in [3.8, 4) is 0 Å². The fourth-order valence-corrected chi connectivity index (χ4v) is 1.25. The summed E-state index contributed by atoms with van der Waals surface area (Å²) in [7, 11) is 0. The van der Waals surface area contributed by atoms with Crippen LogP contribution in [0.5, 0.6) is 0 Å². The second-order valence-electron chi connectivity index (χ2n) is 5.14. The minimum absolute atomic E-state index is 0.0152. The maximum atomic E-state index is 11.8. The molecular weight excluding hydrogens is 263 g/mol. The van der Waals surface area contributed by atoms with Crippen LogP contribution in [-0.4, -0.2) is 35.0 Å². The van der Waals surface area contributed by atoms with Crippen molar-refractivity contribution in [2.45, 2.75) is 45.5 Å². The van der Waals surface area contributed by atoms with Gasteiger partial charge in [0, 0.05) is 18.5 Å². The van der Waals surface area contributed by atoms with E-state index in [-0.39, 0.29) is 18.0 Å². The minimum atomic E-state index is -4.34. The molecule has 0 atom stereocenters. The van der Waals surface area contributed by atoms with Crippen LogP contribution in [-0.2, 0) is 17.8 Å². The molecular formula is C11H18F3N3O2. The molecule has 0 aliphatic carbocycles. The first-order valence-electron chi connectivity index (χ1n) is 5.87. The van der Waals surface area contributed by atoms with Gasteiger partial charge < -0.3 is 14.6 Å². The third kappa shape index (κ3) is 7.78. The van der Waals surface area contributed by atoms with E-state index >= 15 is 0 Å². The molecule has 0 unspecified atom stereocenters. The number of hydrogen-bond donors (Lipinski definition) is 1. The molecule has 0 fully saturated rings. The number of rotatable bonds is 6. The Kier molecular flexibility index (Phi) is 5.30. The number of nitrogens with one attached hydrogen (secondary N) is 1. The Morgan fingerprint density at radius 2 is 1.95 bits per heavy atom. The molecule has 0 aromatic carbocycles. The zero-order valence-electron chi connectivity index (χ0n) is 11.2. The lowest BCUT2D eigenvalue weighted by atomic mass is 10.1. The van der Waals surface area contributed by atoms with Crippen molar-refractivity contribution in [2.24, 2.45) is 0 Å². The molecule has 1 aromatic rings. The third-order valence-corrected chi connectivity index (χ3v) is 2.00. The van der Waals surface area contributed by atoms with Gasteiger partial charge in [0.15, 0.2) is 5.82 Å². The lowest BCUT2D eigenvalue weighted by Gasteiger charge is -2.19. The average Bonchev–Trinajstić information content (AvgIpc) is 2.62. The van der Waals surface area contributed by atoms with Crippen LogP contribution in [0.15, 0.2) is 4.52 Å². The molecule has 0 saturated heterocycles. The van der Waals surface area contributed by atoms with E-state index in [0.717, 1.165) is 0 Å². The summed E-state index contributed by atoms with van der Waals surface area (Å²) in [6, 6.07) is 0. The average molecular weight is 281 g/mol. The second-order valence-corrected chi connectivity index (χ2v) is 5.14. The molecule has 0 aliphatic heterocycles. The predicted molar refractivity (Wildman–Crippen MR) is 61.5 cm³/mol. The number of alkyl halides is 3. The zero-order chi connectivity index (χ0) is 14.5. The van der Waals surface area contributed by atoms with Crippen LogP contribution in [0.2, 0.25) is 0 Å². The summed E-state index contributed by atoms with van der Waals surface area (Å²) in [6.45, 7) is 5.10. The Hall–Kier alpha value is -1.15. The summed E-state index contributed by atoms with van der Waals surface area (Å²) in [4.78, 5) is 3.94.